The zero-order valence-electron chi connectivity index (χ0n) is 8.64. The van der Waals surface area contributed by atoms with Gasteiger partial charge in [0, 0.05) is 6.04 Å². The van der Waals surface area contributed by atoms with Gasteiger partial charge in [-0.1, -0.05) is 6.92 Å². The maximum atomic E-state index is 5.72. The second-order valence-corrected chi connectivity index (χ2v) is 3.27. The molecule has 0 aromatic heterocycles. The van der Waals surface area contributed by atoms with E-state index < -0.39 is 0 Å². The zero-order valence-corrected chi connectivity index (χ0v) is 8.64. The first-order valence-corrected chi connectivity index (χ1v) is 4.81. The zero-order chi connectivity index (χ0) is 9.40. The molecule has 0 atom stereocenters. The standard InChI is InChI=1S/C7H16N2.C2H7N/c1-2-9-5-3-7(8)4-6-9;1-3-2/h7H,2-6,8H2,1H3;3H,1-2H3. The van der Waals surface area contributed by atoms with E-state index in [1.54, 1.807) is 0 Å². The molecule has 1 fully saturated rings. The second kappa shape index (κ2) is 7.53. The van der Waals surface area contributed by atoms with Crippen molar-refractivity contribution in [3.8, 4) is 0 Å². The van der Waals surface area contributed by atoms with Crippen LogP contribution in [-0.2, 0) is 0 Å². The van der Waals surface area contributed by atoms with Gasteiger partial charge in [-0.25, -0.2) is 0 Å². The summed E-state index contributed by atoms with van der Waals surface area (Å²) in [5.74, 6) is 0. The molecule has 0 spiro atoms. The topological polar surface area (TPSA) is 41.3 Å². The van der Waals surface area contributed by atoms with E-state index in [1.165, 1.54) is 32.5 Å². The fraction of sp³-hybridized carbons (Fsp3) is 1.00. The summed E-state index contributed by atoms with van der Waals surface area (Å²) in [6.07, 6.45) is 2.38. The van der Waals surface area contributed by atoms with Gasteiger partial charge in [-0.05, 0) is 46.6 Å². The Hall–Kier alpha value is -0.120. The highest BCUT2D eigenvalue weighted by atomic mass is 15.1. The van der Waals surface area contributed by atoms with E-state index in [9.17, 15) is 0 Å². The van der Waals surface area contributed by atoms with Crippen LogP contribution >= 0.6 is 0 Å². The molecule has 0 bridgehead atoms. The van der Waals surface area contributed by atoms with Gasteiger partial charge in [0.1, 0.15) is 0 Å². The van der Waals surface area contributed by atoms with Crippen LogP contribution in [0.15, 0.2) is 0 Å². The van der Waals surface area contributed by atoms with Crippen molar-refractivity contribution in [2.75, 3.05) is 33.7 Å². The summed E-state index contributed by atoms with van der Waals surface area (Å²) in [4.78, 5) is 2.45. The lowest BCUT2D eigenvalue weighted by atomic mass is 10.1. The Kier molecular flexibility index (Phi) is 7.45. The van der Waals surface area contributed by atoms with Crippen LogP contribution in [0.25, 0.3) is 0 Å². The van der Waals surface area contributed by atoms with Crippen LogP contribution in [0.4, 0.5) is 0 Å². The molecule has 1 heterocycles. The van der Waals surface area contributed by atoms with E-state index in [0.717, 1.165) is 0 Å². The van der Waals surface area contributed by atoms with Crippen molar-refractivity contribution in [3.05, 3.63) is 0 Å². The Morgan fingerprint density at radius 1 is 1.33 bits per heavy atom. The van der Waals surface area contributed by atoms with Crippen LogP contribution in [0.3, 0.4) is 0 Å². The Morgan fingerprint density at radius 2 is 1.75 bits per heavy atom. The molecule has 0 aromatic rings. The van der Waals surface area contributed by atoms with Crippen molar-refractivity contribution < 1.29 is 0 Å². The summed E-state index contributed by atoms with van der Waals surface area (Å²) in [5.41, 5.74) is 5.72. The van der Waals surface area contributed by atoms with Gasteiger partial charge in [0.15, 0.2) is 0 Å². The average Bonchev–Trinajstić information content (AvgIpc) is 2.07. The maximum Gasteiger partial charge on any atom is 0.00631 e. The SMILES string of the molecule is CCN1CCC(N)CC1.CNC. The molecule has 3 N–H and O–H groups in total. The van der Waals surface area contributed by atoms with Gasteiger partial charge in [-0.15, -0.1) is 0 Å². The second-order valence-electron chi connectivity index (χ2n) is 3.27. The lowest BCUT2D eigenvalue weighted by molar-refractivity contribution is 0.223. The van der Waals surface area contributed by atoms with Gasteiger partial charge in [0.2, 0.25) is 0 Å². The normalized spacial score (nSPS) is 20.0. The molecule has 1 rings (SSSR count). The molecule has 0 aliphatic carbocycles. The minimum Gasteiger partial charge on any atom is -0.328 e. The molecule has 12 heavy (non-hydrogen) atoms. The van der Waals surface area contributed by atoms with E-state index in [4.69, 9.17) is 5.73 Å². The van der Waals surface area contributed by atoms with Gasteiger partial charge in [0.05, 0.1) is 0 Å². The van der Waals surface area contributed by atoms with Crippen molar-refractivity contribution in [3.63, 3.8) is 0 Å². The highest BCUT2D eigenvalue weighted by Crippen LogP contribution is 2.06. The lowest BCUT2D eigenvalue weighted by Crippen LogP contribution is -2.39. The van der Waals surface area contributed by atoms with Crippen LogP contribution in [0.5, 0.6) is 0 Å². The molecule has 0 unspecified atom stereocenters. The average molecular weight is 173 g/mol. The first-order valence-electron chi connectivity index (χ1n) is 4.81. The van der Waals surface area contributed by atoms with E-state index in [1.807, 2.05) is 14.1 Å². The van der Waals surface area contributed by atoms with Crippen molar-refractivity contribution in [1.29, 1.82) is 0 Å². The molecule has 0 saturated carbocycles. The van der Waals surface area contributed by atoms with Crippen LogP contribution in [-0.4, -0.2) is 44.7 Å². The first-order chi connectivity index (χ1) is 5.74. The minimum atomic E-state index is 0.479. The van der Waals surface area contributed by atoms with E-state index in [2.05, 4.69) is 17.1 Å². The maximum absolute atomic E-state index is 5.72. The third-order valence-electron chi connectivity index (χ3n) is 2.08. The van der Waals surface area contributed by atoms with Gasteiger partial charge < -0.3 is 16.0 Å². The van der Waals surface area contributed by atoms with Crippen molar-refractivity contribution in [2.24, 2.45) is 5.73 Å². The summed E-state index contributed by atoms with van der Waals surface area (Å²) < 4.78 is 0. The van der Waals surface area contributed by atoms with Crippen LogP contribution in [0.1, 0.15) is 19.8 Å². The molecular weight excluding hydrogens is 150 g/mol. The van der Waals surface area contributed by atoms with Crippen LogP contribution < -0.4 is 11.1 Å². The molecule has 74 valence electrons. The highest BCUT2D eigenvalue weighted by Gasteiger charge is 2.13. The third-order valence-corrected chi connectivity index (χ3v) is 2.08. The highest BCUT2D eigenvalue weighted by molar-refractivity contribution is 4.72. The van der Waals surface area contributed by atoms with Gasteiger partial charge in [0.25, 0.3) is 0 Å². The number of hydrogen-bond acceptors (Lipinski definition) is 3. The van der Waals surface area contributed by atoms with Crippen molar-refractivity contribution >= 4 is 0 Å². The molecule has 0 aromatic carbocycles. The Bertz CT molecular complexity index is 87.8. The van der Waals surface area contributed by atoms with Gasteiger partial charge in [-0.3, -0.25) is 0 Å². The summed E-state index contributed by atoms with van der Waals surface area (Å²) in [6.45, 7) is 5.80. The molecule has 1 saturated heterocycles. The summed E-state index contributed by atoms with van der Waals surface area (Å²) >= 11 is 0. The number of nitrogens with zero attached hydrogens (tertiary/aromatic N) is 1. The Labute approximate surface area is 76.3 Å². The van der Waals surface area contributed by atoms with Gasteiger partial charge >= 0.3 is 0 Å². The predicted octanol–water partition coefficient (Wildman–Crippen LogP) is 0.265. The van der Waals surface area contributed by atoms with E-state index in [-0.39, 0.29) is 0 Å². The van der Waals surface area contributed by atoms with Crippen molar-refractivity contribution in [1.82, 2.24) is 10.2 Å². The monoisotopic (exact) mass is 173 g/mol. The molecule has 1 aliphatic rings. The fourth-order valence-corrected chi connectivity index (χ4v) is 1.27. The lowest BCUT2D eigenvalue weighted by Gasteiger charge is -2.28. The number of rotatable bonds is 1. The molecule has 0 radical (unpaired) electrons. The summed E-state index contributed by atoms with van der Waals surface area (Å²) in [7, 11) is 3.75. The van der Waals surface area contributed by atoms with Crippen LogP contribution in [0, 0.1) is 0 Å². The molecule has 3 heteroatoms. The van der Waals surface area contributed by atoms with E-state index in [0.29, 0.717) is 6.04 Å². The van der Waals surface area contributed by atoms with Gasteiger partial charge in [-0.2, -0.15) is 0 Å². The number of nitrogens with one attached hydrogen (secondary N) is 1. The number of likely N-dealkylation sites (tertiary alicyclic amines) is 1. The molecule has 1 aliphatic heterocycles. The molecule has 3 nitrogen and oxygen atoms in total. The van der Waals surface area contributed by atoms with E-state index >= 15 is 0 Å². The number of piperidine rings is 1. The molecule has 0 amide bonds. The number of nitrogens with two attached hydrogens (primary N) is 1. The minimum absolute atomic E-state index is 0.479. The fourth-order valence-electron chi connectivity index (χ4n) is 1.27. The summed E-state index contributed by atoms with van der Waals surface area (Å²) in [6, 6.07) is 0.479. The Morgan fingerprint density at radius 3 is 2.08 bits per heavy atom. The first kappa shape index (κ1) is 11.9. The number of hydrogen-bond donors (Lipinski definition) is 2. The molecular formula is C9H23N3. The smallest absolute Gasteiger partial charge is 0.00631 e. The van der Waals surface area contributed by atoms with Crippen LogP contribution in [0.2, 0.25) is 0 Å². The Balaban J connectivity index is 0.000000354. The predicted molar refractivity (Wildman–Crippen MR) is 54.3 cm³/mol. The van der Waals surface area contributed by atoms with Crippen molar-refractivity contribution in [2.45, 2.75) is 25.8 Å². The quantitative estimate of drug-likeness (QED) is 0.598. The third kappa shape index (κ3) is 5.52. The summed E-state index contributed by atoms with van der Waals surface area (Å²) in [5, 5.41) is 2.75. The largest absolute Gasteiger partial charge is 0.328 e.